The Morgan fingerprint density at radius 1 is 0.304 bits per heavy atom. The molecular formula is C86H118N6O10. The second-order valence-corrected chi connectivity index (χ2v) is 26.6. The van der Waals surface area contributed by atoms with Crippen LogP contribution in [0.3, 0.4) is 0 Å². The summed E-state index contributed by atoms with van der Waals surface area (Å²) in [7, 11) is 0. The average Bonchev–Trinajstić information content (AvgIpc) is 0.776. The molecule has 16 nitrogen and oxygen atoms in total. The Bertz CT molecular complexity index is 3300. The quantitative estimate of drug-likeness (QED) is 0.0120. The molecule has 0 atom stereocenters. The minimum absolute atomic E-state index is 0.241. The van der Waals surface area contributed by atoms with Crippen LogP contribution in [0.2, 0.25) is 0 Å². The van der Waals surface area contributed by atoms with E-state index >= 15 is 0 Å². The first-order chi connectivity index (χ1) is 49.9. The molecule has 0 heterocycles. The van der Waals surface area contributed by atoms with E-state index in [-0.39, 0.29) is 6.42 Å². The summed E-state index contributed by atoms with van der Waals surface area (Å²) in [6, 6.07) is 26.0. The van der Waals surface area contributed by atoms with Gasteiger partial charge in [0, 0.05) is 141 Å². The van der Waals surface area contributed by atoms with Crippen molar-refractivity contribution < 1.29 is 47.5 Å². The number of nitrogen functional groups attached to an aromatic ring is 2. The van der Waals surface area contributed by atoms with E-state index in [2.05, 4.69) is 75.3 Å². The van der Waals surface area contributed by atoms with Crippen molar-refractivity contribution in [2.45, 2.75) is 207 Å². The van der Waals surface area contributed by atoms with Crippen molar-refractivity contribution >= 4 is 46.2 Å². The fourth-order valence-electron chi connectivity index (χ4n) is 12.5. The highest BCUT2D eigenvalue weighted by Gasteiger charge is 2.26. The number of urea groups is 2. The van der Waals surface area contributed by atoms with Crippen molar-refractivity contribution in [2.24, 2.45) is 0 Å². The fourth-order valence-corrected chi connectivity index (χ4v) is 12.5. The minimum atomic E-state index is -0.479. The van der Waals surface area contributed by atoms with Gasteiger partial charge in [-0.3, -0.25) is 0 Å². The second kappa shape index (κ2) is 45.6. The Labute approximate surface area is 609 Å². The fraction of sp³-hybridized carbons (Fsp3) is 0.465. The third kappa shape index (κ3) is 27.6. The second-order valence-electron chi connectivity index (χ2n) is 26.6. The van der Waals surface area contributed by atoms with E-state index in [1.807, 2.05) is 109 Å². The third-order valence-corrected chi connectivity index (χ3v) is 17.6. The van der Waals surface area contributed by atoms with Gasteiger partial charge in [-0.25, -0.2) is 9.59 Å². The molecule has 6 aromatic carbocycles. The van der Waals surface area contributed by atoms with Crippen LogP contribution >= 0.6 is 0 Å². The maximum atomic E-state index is 14.9. The number of hydrogen-bond acceptors (Lipinski definition) is 12. The molecule has 0 aromatic heterocycles. The van der Waals surface area contributed by atoms with Crippen molar-refractivity contribution in [1.29, 1.82) is 0 Å². The molecule has 7 rings (SSSR count). The molecule has 0 unspecified atom stereocenters. The molecule has 0 radical (unpaired) electrons. The van der Waals surface area contributed by atoms with E-state index in [4.69, 9.17) is 49.4 Å². The number of anilines is 6. The van der Waals surface area contributed by atoms with Gasteiger partial charge in [0.1, 0.15) is 46.0 Å². The summed E-state index contributed by atoms with van der Waals surface area (Å²) in [6.07, 6.45) is 30.9. The maximum Gasteiger partial charge on any atom is 0.323 e. The van der Waals surface area contributed by atoms with Gasteiger partial charge in [0.2, 0.25) is 0 Å². The first-order valence-electron chi connectivity index (χ1n) is 37.9. The minimum Gasteiger partial charge on any atom is -0.493 e. The molecule has 0 aliphatic heterocycles. The van der Waals surface area contributed by atoms with E-state index < -0.39 is 12.1 Å². The van der Waals surface area contributed by atoms with Crippen molar-refractivity contribution in [3.63, 3.8) is 0 Å². The molecular weight excluding hydrogens is 1280 g/mol. The number of amides is 4. The van der Waals surface area contributed by atoms with Crippen LogP contribution in [0.5, 0.6) is 46.0 Å². The van der Waals surface area contributed by atoms with E-state index in [9.17, 15) is 9.59 Å². The zero-order valence-corrected chi connectivity index (χ0v) is 61.9. The van der Waals surface area contributed by atoms with Crippen LogP contribution in [0.15, 0.2) is 136 Å². The number of hydrogen-bond donors (Lipinski definition) is 6. The first kappa shape index (κ1) is 80.1. The Hall–Kier alpha value is -9.18. The molecule has 1 aliphatic carbocycles. The molecule has 0 saturated heterocycles. The number of carbonyl (C=O) groups excluding carboxylic acids is 2. The van der Waals surface area contributed by atoms with Crippen molar-refractivity contribution in [3.8, 4) is 46.0 Å². The third-order valence-electron chi connectivity index (χ3n) is 17.6. The molecule has 4 amide bonds. The number of benzene rings is 6. The van der Waals surface area contributed by atoms with Gasteiger partial charge in [0.25, 0.3) is 0 Å². The predicted molar refractivity (Wildman–Crippen MR) is 422 cm³/mol. The van der Waals surface area contributed by atoms with E-state index in [0.717, 1.165) is 210 Å². The van der Waals surface area contributed by atoms with Crippen LogP contribution in [-0.2, 0) is 25.7 Å². The van der Waals surface area contributed by atoms with Crippen molar-refractivity contribution in [1.82, 2.24) is 0 Å². The predicted octanol–water partition coefficient (Wildman–Crippen LogP) is 22.0. The van der Waals surface area contributed by atoms with Gasteiger partial charge >= 0.3 is 12.1 Å². The molecule has 102 heavy (non-hydrogen) atoms. The molecule has 16 heteroatoms. The molecule has 1 aliphatic rings. The van der Waals surface area contributed by atoms with Gasteiger partial charge in [0.15, 0.2) is 0 Å². The number of unbranched alkanes of at least 4 members (excludes halogenated alkanes) is 16. The lowest BCUT2D eigenvalue weighted by Gasteiger charge is -2.25. The highest BCUT2D eigenvalue weighted by atomic mass is 16.5. The normalized spacial score (nSPS) is 11.6. The number of nitrogens with two attached hydrogens (primary N) is 2. The Balaban J connectivity index is 1.43. The summed E-state index contributed by atoms with van der Waals surface area (Å²) in [4.78, 5) is 29.7. The van der Waals surface area contributed by atoms with Crippen LogP contribution in [0.4, 0.5) is 43.7 Å². The summed E-state index contributed by atoms with van der Waals surface area (Å²) in [5, 5.41) is 12.8. The van der Waals surface area contributed by atoms with Gasteiger partial charge in [-0.2, -0.15) is 0 Å². The number of carbonyl (C=O) groups is 2. The van der Waals surface area contributed by atoms with Crippen LogP contribution in [0, 0.1) is 0 Å². The Morgan fingerprint density at radius 3 is 0.735 bits per heavy atom. The average molecular weight is 1400 g/mol. The highest BCUT2D eigenvalue weighted by Crippen LogP contribution is 2.43. The number of fused-ring (bicyclic) bond motifs is 8. The number of rotatable bonds is 48. The first-order valence-corrected chi connectivity index (χ1v) is 37.9. The van der Waals surface area contributed by atoms with E-state index in [0.29, 0.717) is 141 Å². The largest absolute Gasteiger partial charge is 0.493 e. The highest BCUT2D eigenvalue weighted by molar-refractivity contribution is 6.01. The molecule has 0 fully saturated rings. The topological polar surface area (TPSA) is 208 Å². The molecule has 0 spiro atoms. The summed E-state index contributed by atoms with van der Waals surface area (Å²) in [6.45, 7) is 28.0. The Morgan fingerprint density at radius 2 is 0.510 bits per heavy atom. The lowest BCUT2D eigenvalue weighted by molar-refractivity contribution is 0.261. The molecule has 8 bridgehead atoms. The number of allylic oxidation sites excluding steroid dienone is 4. The molecule has 0 saturated carbocycles. The van der Waals surface area contributed by atoms with Crippen LogP contribution in [0.1, 0.15) is 226 Å². The standard InChI is InChI=1S/C86H118N6O10/c1-9-17-25-33-37-95-77-57-75(58-78(61-77)96-38-34-26-18-10-2)91-85(93)89-73-53-67-46-65-51-71(87)49-63(81(65)99-41-29-21-13-5)45-64-50-72(88)52-66(82(64)100-42-30-22-14-6)47-68-54-74(56-70(84(68)102-44-32-24-16-8)48-69(55-73)83(67)101-43-31-23-15-7)90-86(94)92-76-59-79(97-39-35-27-19-11-3)62-80(60-76)98-40-36-28-20-12-4/h9-12,49-62H,1-4,13-48,87-88H2,5-8H3,(H2,89,91,93)(H2,90,92,94). The zero-order valence-electron chi connectivity index (χ0n) is 61.9. The summed E-state index contributed by atoms with van der Waals surface area (Å²) in [5.41, 5.74) is 23.9. The van der Waals surface area contributed by atoms with Gasteiger partial charge in [0.05, 0.1) is 52.9 Å². The van der Waals surface area contributed by atoms with Gasteiger partial charge in [-0.05, 0) is 151 Å². The lowest BCUT2D eigenvalue weighted by atomic mass is 9.90. The van der Waals surface area contributed by atoms with Crippen LogP contribution in [0.25, 0.3) is 0 Å². The lowest BCUT2D eigenvalue weighted by Crippen LogP contribution is -2.20. The van der Waals surface area contributed by atoms with Crippen molar-refractivity contribution in [2.75, 3.05) is 85.6 Å². The number of ether oxygens (including phenoxy) is 8. The molecule has 552 valence electrons. The van der Waals surface area contributed by atoms with Crippen LogP contribution in [-0.4, -0.2) is 64.9 Å². The number of nitrogens with one attached hydrogen (secondary N) is 4. The van der Waals surface area contributed by atoms with Gasteiger partial charge in [-0.1, -0.05) is 103 Å². The van der Waals surface area contributed by atoms with Crippen LogP contribution < -0.4 is 70.6 Å². The summed E-state index contributed by atoms with van der Waals surface area (Å²) >= 11 is 0. The summed E-state index contributed by atoms with van der Waals surface area (Å²) in [5.74, 6) is 5.11. The van der Waals surface area contributed by atoms with Crippen molar-refractivity contribution in [3.05, 3.63) is 180 Å². The van der Waals surface area contributed by atoms with Gasteiger partial charge in [-0.15, -0.1) is 26.3 Å². The summed E-state index contributed by atoms with van der Waals surface area (Å²) < 4.78 is 53.5. The SMILES string of the molecule is C=CCCCCOc1cc(NC(=O)Nc2cc3c(OCCCCC)c(c2)Cc2cc(NC(=O)Nc4cc(OCCCCC=C)cc(OCCCCC=C)c4)cc(c2OCCCCC)Cc2cc(N)cc(c2OCCCCC)Cc2cc(N)cc(c2OCCCCC)C3)cc(OCCCCC=C)c1. The van der Waals surface area contributed by atoms with E-state index in [1.165, 1.54) is 0 Å². The monoisotopic (exact) mass is 1390 g/mol. The Kier molecular flexibility index (Phi) is 35.9. The maximum absolute atomic E-state index is 14.9. The zero-order chi connectivity index (χ0) is 72.5. The molecule has 6 aromatic rings. The smallest absolute Gasteiger partial charge is 0.323 e. The molecule has 8 N–H and O–H groups in total. The van der Waals surface area contributed by atoms with Gasteiger partial charge < -0.3 is 70.6 Å². The van der Waals surface area contributed by atoms with E-state index in [1.54, 1.807) is 0 Å².